The number of nitrogens with zero attached hydrogens (tertiary/aromatic N) is 4. The summed E-state index contributed by atoms with van der Waals surface area (Å²) in [5.74, 6) is -0.102. The van der Waals surface area contributed by atoms with Gasteiger partial charge in [-0.2, -0.15) is 15.0 Å². The number of aryl methyl sites for hydroxylation is 1. The van der Waals surface area contributed by atoms with Crippen LogP contribution in [0.25, 0.3) is 11.3 Å². The largest absolute Gasteiger partial charge is 0.494 e. The minimum Gasteiger partial charge on any atom is -0.494 e. The lowest BCUT2D eigenvalue weighted by Crippen LogP contribution is -2.42. The predicted octanol–water partition coefficient (Wildman–Crippen LogP) is 2.72. The summed E-state index contributed by atoms with van der Waals surface area (Å²) in [7, 11) is 4.47. The second kappa shape index (κ2) is 12.3. The maximum Gasteiger partial charge on any atom is 0.251 e. The summed E-state index contributed by atoms with van der Waals surface area (Å²) in [6.07, 6.45) is 1.36. The second-order valence-corrected chi connectivity index (χ2v) is 8.98. The molecule has 0 aliphatic rings. The molecule has 0 saturated carbocycles. The first-order chi connectivity index (χ1) is 19.2. The number of aliphatic hydroxyl groups excluding tert-OH is 1. The molecule has 2 aromatic carbocycles. The number of hydrogen-bond donors (Lipinski definition) is 3. The molecular formula is C27H27ClFN5O6. The third-order valence-corrected chi connectivity index (χ3v) is 6.29. The molecular weight excluding hydrogens is 545 g/mol. The Morgan fingerprint density at radius 2 is 1.82 bits per heavy atom. The molecule has 0 aliphatic heterocycles. The van der Waals surface area contributed by atoms with Crippen molar-refractivity contribution in [3.05, 3.63) is 82.5 Å². The van der Waals surface area contributed by atoms with Crippen LogP contribution in [0.4, 0.5) is 4.39 Å². The zero-order valence-corrected chi connectivity index (χ0v) is 22.6. The molecule has 13 heteroatoms. The van der Waals surface area contributed by atoms with Gasteiger partial charge in [0.2, 0.25) is 0 Å². The van der Waals surface area contributed by atoms with Crippen molar-refractivity contribution in [2.75, 3.05) is 34.0 Å². The number of carbonyl (C=O) groups is 1. The molecule has 0 radical (unpaired) electrons. The highest BCUT2D eigenvalue weighted by molar-refractivity contribution is 6.31. The molecule has 1 atom stereocenters. The minimum atomic E-state index is -1.93. The summed E-state index contributed by atoms with van der Waals surface area (Å²) in [6, 6.07) is 11.8. The Hall–Kier alpha value is -4.26. The van der Waals surface area contributed by atoms with E-state index in [1.54, 1.807) is 19.2 Å². The van der Waals surface area contributed by atoms with Crippen LogP contribution >= 0.6 is 11.6 Å². The number of ether oxygens (including phenoxy) is 3. The molecule has 4 aromatic rings. The Morgan fingerprint density at radius 1 is 1.07 bits per heavy atom. The van der Waals surface area contributed by atoms with E-state index in [2.05, 4.69) is 20.5 Å². The van der Waals surface area contributed by atoms with Crippen LogP contribution in [-0.4, -0.2) is 70.1 Å². The van der Waals surface area contributed by atoms with Crippen molar-refractivity contribution in [2.45, 2.75) is 5.60 Å². The predicted molar refractivity (Wildman–Crippen MR) is 143 cm³/mol. The summed E-state index contributed by atoms with van der Waals surface area (Å²) < 4.78 is 30.0. The van der Waals surface area contributed by atoms with Gasteiger partial charge in [0.25, 0.3) is 5.91 Å². The Kier molecular flexibility index (Phi) is 8.83. The quantitative estimate of drug-likeness (QED) is 0.248. The molecule has 210 valence electrons. The van der Waals surface area contributed by atoms with E-state index in [9.17, 15) is 14.3 Å². The van der Waals surface area contributed by atoms with E-state index in [1.165, 1.54) is 61.6 Å². The van der Waals surface area contributed by atoms with Crippen molar-refractivity contribution in [1.29, 1.82) is 0 Å². The highest BCUT2D eigenvalue weighted by atomic mass is 35.5. The molecule has 4 rings (SSSR count). The number of aromatic nitrogens is 4. The van der Waals surface area contributed by atoms with Crippen LogP contribution in [-0.2, 0) is 12.6 Å². The maximum absolute atomic E-state index is 13.8. The Bertz CT molecular complexity index is 1520. The Morgan fingerprint density at radius 3 is 2.48 bits per heavy atom. The third kappa shape index (κ3) is 5.98. The number of rotatable bonds is 11. The van der Waals surface area contributed by atoms with Crippen molar-refractivity contribution in [1.82, 2.24) is 25.3 Å². The summed E-state index contributed by atoms with van der Waals surface area (Å²) in [4.78, 5) is 19.0. The average Bonchev–Trinajstić information content (AvgIpc) is 3.42. The molecule has 0 aliphatic carbocycles. The van der Waals surface area contributed by atoms with Crippen LogP contribution in [0.5, 0.6) is 17.2 Å². The molecule has 1 amide bonds. The number of methoxy groups -OCH3 is 2. The summed E-state index contributed by atoms with van der Waals surface area (Å²) in [5.41, 5.74) is -0.705. The lowest BCUT2D eigenvalue weighted by molar-refractivity contribution is 0.0631. The molecule has 2 aromatic heterocycles. The Labute approximate surface area is 234 Å². The van der Waals surface area contributed by atoms with Crippen molar-refractivity contribution in [2.24, 2.45) is 7.05 Å². The van der Waals surface area contributed by atoms with Crippen LogP contribution in [0.3, 0.4) is 0 Å². The fourth-order valence-electron chi connectivity index (χ4n) is 3.93. The number of amides is 1. The fourth-order valence-corrected chi connectivity index (χ4v) is 4.11. The lowest BCUT2D eigenvalue weighted by atomic mass is 9.94. The van der Waals surface area contributed by atoms with Gasteiger partial charge in [0, 0.05) is 18.2 Å². The summed E-state index contributed by atoms with van der Waals surface area (Å²) in [6.45, 7) is -0.450. The normalized spacial score (nSPS) is 12.5. The topological polar surface area (TPSA) is 141 Å². The van der Waals surface area contributed by atoms with E-state index in [4.69, 9.17) is 30.9 Å². The molecule has 3 N–H and O–H groups in total. The van der Waals surface area contributed by atoms with Crippen LogP contribution in [0.15, 0.2) is 54.7 Å². The molecule has 2 heterocycles. The highest BCUT2D eigenvalue weighted by Crippen LogP contribution is 2.35. The fraction of sp³-hybridized carbons (Fsp3) is 0.259. The molecule has 0 saturated heterocycles. The average molecular weight is 572 g/mol. The number of carbonyl (C=O) groups excluding carboxylic acids is 1. The van der Waals surface area contributed by atoms with Gasteiger partial charge in [-0.05, 0) is 48.5 Å². The van der Waals surface area contributed by atoms with E-state index in [0.29, 0.717) is 28.5 Å². The van der Waals surface area contributed by atoms with Gasteiger partial charge in [-0.1, -0.05) is 11.6 Å². The first-order valence-electron chi connectivity index (χ1n) is 12.0. The van der Waals surface area contributed by atoms with Crippen molar-refractivity contribution in [3.63, 3.8) is 0 Å². The van der Waals surface area contributed by atoms with Gasteiger partial charge in [-0.3, -0.25) is 4.79 Å². The minimum absolute atomic E-state index is 0.0635. The monoisotopic (exact) mass is 571 g/mol. The smallest absolute Gasteiger partial charge is 0.251 e. The molecule has 0 bridgehead atoms. The number of benzene rings is 2. The number of aliphatic hydroxyl groups is 2. The molecule has 11 nitrogen and oxygen atoms in total. The molecule has 40 heavy (non-hydrogen) atoms. The number of halogens is 2. The van der Waals surface area contributed by atoms with Gasteiger partial charge in [0.05, 0.1) is 44.3 Å². The van der Waals surface area contributed by atoms with Gasteiger partial charge in [-0.15, -0.1) is 0 Å². The first-order valence-corrected chi connectivity index (χ1v) is 12.4. The van der Waals surface area contributed by atoms with E-state index in [1.807, 2.05) is 0 Å². The summed E-state index contributed by atoms with van der Waals surface area (Å²) >= 11 is 6.00. The van der Waals surface area contributed by atoms with E-state index >= 15 is 0 Å². The van der Waals surface area contributed by atoms with Crippen LogP contribution in [0, 0.1) is 5.82 Å². The zero-order valence-electron chi connectivity index (χ0n) is 21.9. The van der Waals surface area contributed by atoms with Crippen molar-refractivity contribution >= 4 is 17.5 Å². The van der Waals surface area contributed by atoms with Crippen LogP contribution in [0.1, 0.15) is 21.7 Å². The lowest BCUT2D eigenvalue weighted by Gasteiger charge is -2.27. The molecule has 0 fully saturated rings. The van der Waals surface area contributed by atoms with Gasteiger partial charge in [0.15, 0.2) is 17.1 Å². The SMILES string of the molecule is COc1cc(C(=O)NCC(O)(c2ccc(OC)c(-c3ccc(F)c(Cl)c3)n2)c2cnn(C)n2)ccc1OCCO. The van der Waals surface area contributed by atoms with Crippen molar-refractivity contribution < 1.29 is 33.6 Å². The van der Waals surface area contributed by atoms with Gasteiger partial charge in [-0.25, -0.2) is 9.37 Å². The van der Waals surface area contributed by atoms with Gasteiger partial charge in [0.1, 0.15) is 29.6 Å². The molecule has 0 spiro atoms. The van der Waals surface area contributed by atoms with Gasteiger partial charge >= 0.3 is 0 Å². The molecule has 1 unspecified atom stereocenters. The number of pyridine rings is 1. The summed E-state index contributed by atoms with van der Waals surface area (Å²) in [5, 5.41) is 31.9. The maximum atomic E-state index is 13.8. The van der Waals surface area contributed by atoms with Crippen LogP contribution in [0.2, 0.25) is 5.02 Å². The first kappa shape index (κ1) is 28.7. The number of nitrogens with one attached hydrogen (secondary N) is 1. The van der Waals surface area contributed by atoms with E-state index < -0.39 is 17.3 Å². The van der Waals surface area contributed by atoms with Crippen LogP contribution < -0.4 is 19.5 Å². The van der Waals surface area contributed by atoms with E-state index in [0.717, 1.165) is 0 Å². The highest BCUT2D eigenvalue weighted by Gasteiger charge is 2.37. The third-order valence-electron chi connectivity index (χ3n) is 6.00. The van der Waals surface area contributed by atoms with Gasteiger partial charge < -0.3 is 29.7 Å². The standard InChI is InChI=1S/C27H27ClFN5O6/c1-34-31-14-24(33-34)27(37,15-30-26(36)17-5-7-20(40-11-10-35)22(13-17)39-3)23-9-8-21(38-2)25(32-23)16-4-6-19(29)18(28)12-16/h4-9,12-14,35,37H,10-11,15H2,1-3H3,(H,30,36). The Balaban J connectivity index is 1.69. The number of hydrogen-bond acceptors (Lipinski definition) is 9. The van der Waals surface area contributed by atoms with E-state index in [-0.39, 0.29) is 41.7 Å². The van der Waals surface area contributed by atoms with Crippen molar-refractivity contribution in [3.8, 4) is 28.5 Å². The zero-order chi connectivity index (χ0) is 28.9. The second-order valence-electron chi connectivity index (χ2n) is 8.58.